The highest BCUT2D eigenvalue weighted by Gasteiger charge is 2.88. The Balaban J connectivity index is 6.34. The van der Waals surface area contributed by atoms with Crippen LogP contribution in [0.15, 0.2) is 5.11 Å². The van der Waals surface area contributed by atoms with Gasteiger partial charge in [0.1, 0.15) is 4.48 Å². The Kier molecular flexibility index (Phi) is 4.68. The number of alkyl halides is 8. The van der Waals surface area contributed by atoms with Crippen LogP contribution in [0.2, 0.25) is 0 Å². The summed E-state index contributed by atoms with van der Waals surface area (Å²) in [7, 11) is 0. The highest BCUT2D eigenvalue weighted by molar-refractivity contribution is 5.06. The Hall–Kier alpha value is -1.27. The minimum atomic E-state index is -6.83. The first-order valence-electron chi connectivity index (χ1n) is 4.24. The maximum absolute atomic E-state index is 13.0. The standard InChI is InChI=1S/C6H5F9N2O2/c1-2-19-6(13,14)3(4(7,8)9,5(10,11)12)16-17(15)18/h2H2,1H3. The highest BCUT2D eigenvalue weighted by Crippen LogP contribution is 2.54. The molecular weight excluding hydrogens is 303 g/mol. The Morgan fingerprint density at radius 3 is 1.58 bits per heavy atom. The third-order valence-corrected chi connectivity index (χ3v) is 1.80. The van der Waals surface area contributed by atoms with E-state index in [0.29, 0.717) is 6.92 Å². The lowest BCUT2D eigenvalue weighted by atomic mass is 9.97. The van der Waals surface area contributed by atoms with Gasteiger partial charge in [-0.1, -0.05) is 0 Å². The molecule has 0 bridgehead atoms. The summed E-state index contributed by atoms with van der Waals surface area (Å²) in [6, 6.07) is 0. The van der Waals surface area contributed by atoms with Crippen molar-refractivity contribution >= 4 is 0 Å². The Morgan fingerprint density at radius 2 is 1.37 bits per heavy atom. The fourth-order valence-corrected chi connectivity index (χ4v) is 1.07. The highest BCUT2D eigenvalue weighted by atomic mass is 19.4. The average molecular weight is 308 g/mol. The zero-order chi connectivity index (χ0) is 15.7. The molecule has 0 N–H and O–H groups in total. The smallest absolute Gasteiger partial charge is 0.437 e. The molecule has 0 heterocycles. The number of halogens is 9. The van der Waals surface area contributed by atoms with Crippen molar-refractivity contribution in [1.29, 1.82) is 0 Å². The van der Waals surface area contributed by atoms with Gasteiger partial charge in [-0.2, -0.15) is 35.1 Å². The zero-order valence-corrected chi connectivity index (χ0v) is 8.82. The van der Waals surface area contributed by atoms with Gasteiger partial charge >= 0.3 is 24.0 Å². The van der Waals surface area contributed by atoms with Crippen molar-refractivity contribution < 1.29 is 49.4 Å². The van der Waals surface area contributed by atoms with Crippen LogP contribution in [0.5, 0.6) is 0 Å². The van der Waals surface area contributed by atoms with E-state index >= 15 is 0 Å². The third kappa shape index (κ3) is 3.01. The van der Waals surface area contributed by atoms with Crippen LogP contribution < -0.4 is 0 Å². The van der Waals surface area contributed by atoms with E-state index in [0.717, 1.165) is 5.11 Å². The van der Waals surface area contributed by atoms with E-state index in [4.69, 9.17) is 0 Å². The lowest BCUT2D eigenvalue weighted by molar-refractivity contribution is -0.723. The summed E-state index contributed by atoms with van der Waals surface area (Å²) in [6.45, 7) is -0.614. The average Bonchev–Trinajstić information content (AvgIpc) is 2.08. The first kappa shape index (κ1) is 17.7. The van der Waals surface area contributed by atoms with E-state index in [1.165, 1.54) is 0 Å². The SMILES string of the molecule is CCOC(F)(F)C(N=[N+]([O-])F)(C(F)(F)F)C(F)(F)F. The first-order chi connectivity index (χ1) is 8.23. The largest absolute Gasteiger partial charge is 0.556 e. The normalized spacial score (nSPS) is 15.8. The predicted molar refractivity (Wildman–Crippen MR) is 38.6 cm³/mol. The molecule has 0 atom stereocenters. The van der Waals surface area contributed by atoms with Gasteiger partial charge in [-0.25, -0.2) is 0 Å². The van der Waals surface area contributed by atoms with E-state index in [1.54, 1.807) is 0 Å². The summed E-state index contributed by atoms with van der Waals surface area (Å²) in [5.41, 5.74) is -6.35. The lowest BCUT2D eigenvalue weighted by Gasteiger charge is -2.35. The molecule has 0 rings (SSSR count). The molecule has 0 fully saturated rings. The first-order valence-corrected chi connectivity index (χ1v) is 4.24. The Labute approximate surface area is 98.5 Å². The molecule has 0 aliphatic heterocycles. The van der Waals surface area contributed by atoms with E-state index in [9.17, 15) is 44.8 Å². The number of hydrogen-bond acceptors (Lipinski definition) is 3. The van der Waals surface area contributed by atoms with Crippen molar-refractivity contribution in [3.63, 3.8) is 0 Å². The van der Waals surface area contributed by atoms with Gasteiger partial charge in [-0.05, 0) is 6.92 Å². The third-order valence-electron chi connectivity index (χ3n) is 1.80. The second-order valence-electron chi connectivity index (χ2n) is 2.98. The molecule has 19 heavy (non-hydrogen) atoms. The van der Waals surface area contributed by atoms with Crippen molar-refractivity contribution in [3.8, 4) is 0 Å². The van der Waals surface area contributed by atoms with Crippen molar-refractivity contribution in [2.45, 2.75) is 30.9 Å². The molecule has 0 spiro atoms. The molecule has 0 aromatic carbocycles. The summed E-state index contributed by atoms with van der Waals surface area (Å²) < 4.78 is 115. The molecule has 0 unspecified atom stereocenters. The molecule has 4 nitrogen and oxygen atoms in total. The van der Waals surface area contributed by atoms with Crippen LogP contribution in [0.4, 0.5) is 39.6 Å². The number of rotatable bonds is 4. The van der Waals surface area contributed by atoms with Gasteiger partial charge in [-0.3, -0.25) is 0 Å². The maximum atomic E-state index is 13.0. The zero-order valence-electron chi connectivity index (χ0n) is 8.82. The fourth-order valence-electron chi connectivity index (χ4n) is 1.07. The summed E-state index contributed by atoms with van der Waals surface area (Å²) in [4.78, 5) is 0. The van der Waals surface area contributed by atoms with Gasteiger partial charge in [0.05, 0.1) is 11.7 Å². The van der Waals surface area contributed by atoms with E-state index in [-0.39, 0.29) is 0 Å². The van der Waals surface area contributed by atoms with Gasteiger partial charge in [0.25, 0.3) is 0 Å². The molecule has 0 saturated heterocycles. The van der Waals surface area contributed by atoms with Crippen LogP contribution >= 0.6 is 0 Å². The van der Waals surface area contributed by atoms with Crippen LogP contribution in [0, 0.1) is 5.21 Å². The Bertz CT molecular complexity index is 330. The van der Waals surface area contributed by atoms with Crippen LogP contribution in [0.25, 0.3) is 0 Å². The fraction of sp³-hybridized carbons (Fsp3) is 1.00. The van der Waals surface area contributed by atoms with E-state index in [2.05, 4.69) is 4.74 Å². The maximum Gasteiger partial charge on any atom is 0.437 e. The summed E-state index contributed by atoms with van der Waals surface area (Å²) in [6.07, 6.45) is -19.7. The molecule has 114 valence electrons. The molecule has 0 aromatic rings. The van der Waals surface area contributed by atoms with Crippen LogP contribution in [-0.4, -0.2) is 35.7 Å². The monoisotopic (exact) mass is 308 g/mol. The summed E-state index contributed by atoms with van der Waals surface area (Å²) >= 11 is 0. The molecule has 0 saturated carbocycles. The number of nitrogens with zero attached hydrogens (tertiary/aromatic N) is 2. The molecule has 0 aliphatic rings. The second-order valence-corrected chi connectivity index (χ2v) is 2.98. The van der Waals surface area contributed by atoms with Crippen molar-refractivity contribution in [2.24, 2.45) is 5.11 Å². The minimum Gasteiger partial charge on any atom is -0.556 e. The van der Waals surface area contributed by atoms with Gasteiger partial charge < -0.3 is 9.94 Å². The van der Waals surface area contributed by atoms with Gasteiger partial charge in [0, 0.05) is 0 Å². The summed E-state index contributed by atoms with van der Waals surface area (Å²) in [5, 5.41) is 7.78. The quantitative estimate of drug-likeness (QED) is 0.346. The summed E-state index contributed by atoms with van der Waals surface area (Å²) in [5.74, 6) is 0. The van der Waals surface area contributed by atoms with Crippen molar-refractivity contribution in [1.82, 2.24) is 0 Å². The van der Waals surface area contributed by atoms with Gasteiger partial charge in [0.2, 0.25) is 0 Å². The van der Waals surface area contributed by atoms with Crippen LogP contribution in [0.1, 0.15) is 6.92 Å². The molecule has 0 amide bonds. The Morgan fingerprint density at radius 1 is 1.00 bits per heavy atom. The van der Waals surface area contributed by atoms with E-state index in [1.807, 2.05) is 0 Å². The predicted octanol–water partition coefficient (Wildman–Crippen LogP) is 3.33. The topological polar surface area (TPSA) is 47.7 Å². The van der Waals surface area contributed by atoms with Gasteiger partial charge in [0.15, 0.2) is 5.08 Å². The molecule has 0 aromatic heterocycles. The van der Waals surface area contributed by atoms with Crippen molar-refractivity contribution in [2.75, 3.05) is 6.61 Å². The lowest BCUT2D eigenvalue weighted by Crippen LogP contribution is -2.67. The number of ether oxygens (including phenoxy) is 1. The van der Waals surface area contributed by atoms with Crippen LogP contribution in [-0.2, 0) is 4.74 Å². The molecular formula is C6H5F9N2O2. The molecule has 13 heteroatoms. The minimum absolute atomic E-state index is 0.663. The number of hydrogen-bond donors (Lipinski definition) is 0. The second kappa shape index (κ2) is 5.02. The molecule has 0 radical (unpaired) electrons. The van der Waals surface area contributed by atoms with Crippen LogP contribution in [0.3, 0.4) is 0 Å². The van der Waals surface area contributed by atoms with E-state index < -0.39 is 35.7 Å². The van der Waals surface area contributed by atoms with Gasteiger partial charge in [-0.15, -0.1) is 0 Å². The molecule has 0 aliphatic carbocycles. The van der Waals surface area contributed by atoms with Crippen molar-refractivity contribution in [3.05, 3.63) is 5.21 Å².